The van der Waals surface area contributed by atoms with Crippen LogP contribution in [0.15, 0.2) is 39.6 Å². The van der Waals surface area contributed by atoms with E-state index < -0.39 is 0 Å². The molecule has 1 aromatic carbocycles. The average Bonchev–Trinajstić information content (AvgIpc) is 2.97. The summed E-state index contributed by atoms with van der Waals surface area (Å²) in [5, 5.41) is 3.09. The van der Waals surface area contributed by atoms with Crippen molar-refractivity contribution in [2.75, 3.05) is 25.4 Å². The lowest BCUT2D eigenvalue weighted by Gasteiger charge is -2.31. The van der Waals surface area contributed by atoms with Crippen LogP contribution in [-0.4, -0.2) is 41.2 Å². The molecule has 0 bridgehead atoms. The number of hydrogen-bond acceptors (Lipinski definition) is 5. The van der Waals surface area contributed by atoms with Gasteiger partial charge in [0.15, 0.2) is 0 Å². The van der Waals surface area contributed by atoms with E-state index in [1.54, 1.807) is 11.8 Å². The number of carbonyl (C=O) groups is 1. The summed E-state index contributed by atoms with van der Waals surface area (Å²) in [5.41, 5.74) is 0.978. The van der Waals surface area contributed by atoms with Crippen LogP contribution in [0.25, 0.3) is 0 Å². The molecule has 0 radical (unpaired) electrons. The van der Waals surface area contributed by atoms with E-state index in [4.69, 9.17) is 4.42 Å². The molecule has 3 rings (SSSR count). The molecule has 5 nitrogen and oxygen atoms in total. The number of nitrogens with zero attached hydrogens (tertiary/aromatic N) is 2. The molecule has 2 heterocycles. The van der Waals surface area contributed by atoms with Gasteiger partial charge >= 0.3 is 0 Å². The predicted octanol–water partition coefficient (Wildman–Crippen LogP) is 3.41. The summed E-state index contributed by atoms with van der Waals surface area (Å²) in [7, 11) is 0. The molecule has 0 spiro atoms. The van der Waals surface area contributed by atoms with Crippen LogP contribution < -0.4 is 5.32 Å². The summed E-state index contributed by atoms with van der Waals surface area (Å²) in [6.07, 6.45) is 2.20. The number of amides is 1. The van der Waals surface area contributed by atoms with E-state index in [1.807, 2.05) is 44.2 Å². The van der Waals surface area contributed by atoms with Gasteiger partial charge in [-0.1, -0.05) is 18.2 Å². The molecule has 0 aliphatic carbocycles. The Morgan fingerprint density at radius 1 is 1.27 bits per heavy atom. The zero-order chi connectivity index (χ0) is 18.4. The van der Waals surface area contributed by atoms with Crippen LogP contribution in [0.2, 0.25) is 0 Å². The number of aromatic nitrogens is 1. The van der Waals surface area contributed by atoms with Crippen LogP contribution in [0, 0.1) is 19.8 Å². The highest BCUT2D eigenvalue weighted by Gasteiger charge is 2.21. The van der Waals surface area contributed by atoms with Gasteiger partial charge in [-0.05, 0) is 57.8 Å². The summed E-state index contributed by atoms with van der Waals surface area (Å²) in [5.74, 6) is 2.87. The third-order valence-corrected chi connectivity index (χ3v) is 5.85. The van der Waals surface area contributed by atoms with E-state index in [-0.39, 0.29) is 5.91 Å². The molecule has 6 heteroatoms. The number of thioether (sulfide) groups is 1. The standard InChI is InChI=1S/C20H27N3O2S/c1-15-16(2)25-20(22-15)13-23-10-8-17(9-11-23)12-21-19(24)14-26-18-6-4-3-5-7-18/h3-7,17H,8-14H2,1-2H3,(H,21,24). The molecule has 1 saturated heterocycles. The second-order valence-electron chi connectivity index (χ2n) is 6.87. The fourth-order valence-electron chi connectivity index (χ4n) is 3.12. The summed E-state index contributed by atoms with van der Waals surface area (Å²) in [6, 6.07) is 10.0. The molecule has 1 fully saturated rings. The first-order valence-electron chi connectivity index (χ1n) is 9.20. The van der Waals surface area contributed by atoms with Gasteiger partial charge < -0.3 is 9.73 Å². The zero-order valence-corrected chi connectivity index (χ0v) is 16.3. The van der Waals surface area contributed by atoms with Gasteiger partial charge in [-0.15, -0.1) is 11.8 Å². The molecule has 1 aliphatic heterocycles. The van der Waals surface area contributed by atoms with Crippen LogP contribution in [0.5, 0.6) is 0 Å². The number of oxazole rings is 1. The lowest BCUT2D eigenvalue weighted by atomic mass is 9.97. The van der Waals surface area contributed by atoms with Crippen LogP contribution >= 0.6 is 11.8 Å². The fraction of sp³-hybridized carbons (Fsp3) is 0.500. The quantitative estimate of drug-likeness (QED) is 0.754. The molecular weight excluding hydrogens is 346 g/mol. The van der Waals surface area contributed by atoms with Crippen molar-refractivity contribution in [2.24, 2.45) is 5.92 Å². The number of carbonyl (C=O) groups excluding carboxylic acids is 1. The maximum Gasteiger partial charge on any atom is 0.230 e. The van der Waals surface area contributed by atoms with Gasteiger partial charge in [-0.25, -0.2) is 4.98 Å². The number of likely N-dealkylation sites (tertiary alicyclic amines) is 1. The number of hydrogen-bond donors (Lipinski definition) is 1. The monoisotopic (exact) mass is 373 g/mol. The second-order valence-corrected chi connectivity index (χ2v) is 7.92. The Kier molecular flexibility index (Phi) is 6.74. The van der Waals surface area contributed by atoms with Crippen molar-refractivity contribution in [1.29, 1.82) is 0 Å². The molecule has 1 aliphatic rings. The van der Waals surface area contributed by atoms with Crippen LogP contribution in [0.3, 0.4) is 0 Å². The van der Waals surface area contributed by atoms with Crippen molar-refractivity contribution in [3.8, 4) is 0 Å². The third-order valence-electron chi connectivity index (χ3n) is 4.84. The van der Waals surface area contributed by atoms with Gasteiger partial charge in [0.2, 0.25) is 11.8 Å². The van der Waals surface area contributed by atoms with E-state index in [2.05, 4.69) is 15.2 Å². The number of benzene rings is 1. The van der Waals surface area contributed by atoms with Crippen molar-refractivity contribution in [3.63, 3.8) is 0 Å². The lowest BCUT2D eigenvalue weighted by Crippen LogP contribution is -2.38. The average molecular weight is 374 g/mol. The first-order valence-corrected chi connectivity index (χ1v) is 10.2. The normalized spacial score (nSPS) is 15.9. The van der Waals surface area contributed by atoms with Crippen LogP contribution in [0.1, 0.15) is 30.2 Å². The van der Waals surface area contributed by atoms with Gasteiger partial charge in [-0.3, -0.25) is 9.69 Å². The zero-order valence-electron chi connectivity index (χ0n) is 15.5. The molecule has 1 aromatic heterocycles. The van der Waals surface area contributed by atoms with Gasteiger partial charge in [0.05, 0.1) is 18.0 Å². The van der Waals surface area contributed by atoms with Crippen LogP contribution in [-0.2, 0) is 11.3 Å². The van der Waals surface area contributed by atoms with Crippen molar-refractivity contribution < 1.29 is 9.21 Å². The maximum atomic E-state index is 12.0. The molecule has 26 heavy (non-hydrogen) atoms. The van der Waals surface area contributed by atoms with E-state index in [9.17, 15) is 4.79 Å². The Morgan fingerprint density at radius 3 is 2.65 bits per heavy atom. The summed E-state index contributed by atoms with van der Waals surface area (Å²) in [4.78, 5) is 20.0. The van der Waals surface area contributed by atoms with Gasteiger partial charge in [-0.2, -0.15) is 0 Å². The maximum absolute atomic E-state index is 12.0. The molecule has 1 amide bonds. The number of nitrogens with one attached hydrogen (secondary N) is 1. The highest BCUT2D eigenvalue weighted by atomic mass is 32.2. The molecule has 140 valence electrons. The summed E-state index contributed by atoms with van der Waals surface area (Å²) >= 11 is 1.58. The topological polar surface area (TPSA) is 58.4 Å². The van der Waals surface area contributed by atoms with Crippen molar-refractivity contribution in [2.45, 2.75) is 38.1 Å². The highest BCUT2D eigenvalue weighted by molar-refractivity contribution is 8.00. The number of aryl methyl sites for hydroxylation is 2. The molecule has 0 unspecified atom stereocenters. The minimum atomic E-state index is 0.118. The Balaban J connectivity index is 1.33. The molecule has 0 atom stereocenters. The van der Waals surface area contributed by atoms with Crippen molar-refractivity contribution in [1.82, 2.24) is 15.2 Å². The highest BCUT2D eigenvalue weighted by Crippen LogP contribution is 2.20. The van der Waals surface area contributed by atoms with Crippen molar-refractivity contribution >= 4 is 17.7 Å². The molecule has 2 aromatic rings. The summed E-state index contributed by atoms with van der Waals surface area (Å²) < 4.78 is 5.67. The molecule has 0 saturated carbocycles. The predicted molar refractivity (Wildman–Crippen MR) is 104 cm³/mol. The Labute approximate surface area is 159 Å². The van der Waals surface area contributed by atoms with E-state index in [1.165, 1.54) is 0 Å². The first-order chi connectivity index (χ1) is 12.6. The van der Waals surface area contributed by atoms with Crippen LogP contribution in [0.4, 0.5) is 0 Å². The van der Waals surface area contributed by atoms with Gasteiger partial charge in [0.25, 0.3) is 0 Å². The van der Waals surface area contributed by atoms with Gasteiger partial charge in [0.1, 0.15) is 5.76 Å². The Morgan fingerprint density at radius 2 is 2.00 bits per heavy atom. The molecular formula is C20H27N3O2S. The lowest BCUT2D eigenvalue weighted by molar-refractivity contribution is -0.118. The smallest absolute Gasteiger partial charge is 0.230 e. The van der Waals surface area contributed by atoms with E-state index in [0.717, 1.165) is 61.3 Å². The Bertz CT molecular complexity index is 690. The van der Waals surface area contributed by atoms with E-state index in [0.29, 0.717) is 11.7 Å². The third kappa shape index (κ3) is 5.61. The molecule has 1 N–H and O–H groups in total. The fourth-order valence-corrected chi connectivity index (χ4v) is 3.87. The second kappa shape index (κ2) is 9.24. The minimum Gasteiger partial charge on any atom is -0.444 e. The van der Waals surface area contributed by atoms with Crippen molar-refractivity contribution in [3.05, 3.63) is 47.7 Å². The number of piperidine rings is 1. The Hall–Kier alpha value is -1.79. The van der Waals surface area contributed by atoms with E-state index >= 15 is 0 Å². The number of rotatable bonds is 7. The first kappa shape index (κ1) is 19.0. The SMILES string of the molecule is Cc1nc(CN2CCC(CNC(=O)CSc3ccccc3)CC2)oc1C. The largest absolute Gasteiger partial charge is 0.444 e. The minimum absolute atomic E-state index is 0.118. The summed E-state index contributed by atoms with van der Waals surface area (Å²) in [6.45, 7) is 7.55. The van der Waals surface area contributed by atoms with Gasteiger partial charge in [0, 0.05) is 11.4 Å².